The molecule has 1 aliphatic heterocycles. The van der Waals surface area contributed by atoms with Gasteiger partial charge in [0.1, 0.15) is 5.82 Å². The second-order valence-corrected chi connectivity index (χ2v) is 8.15. The molecule has 28 heavy (non-hydrogen) atoms. The number of aryl methyl sites for hydroxylation is 2. The van der Waals surface area contributed by atoms with E-state index in [0.717, 1.165) is 41.4 Å². The van der Waals surface area contributed by atoms with E-state index >= 15 is 0 Å². The van der Waals surface area contributed by atoms with Gasteiger partial charge < -0.3 is 5.32 Å². The number of nitrogens with one attached hydrogen (secondary N) is 1. The molecule has 3 aromatic rings. The number of pyridine rings is 1. The van der Waals surface area contributed by atoms with Crippen LogP contribution in [0.1, 0.15) is 29.9 Å². The Balaban J connectivity index is 1.44. The van der Waals surface area contributed by atoms with Crippen LogP contribution in [0.2, 0.25) is 0 Å². The number of nitrogens with zero attached hydrogens (tertiary/aromatic N) is 4. The maximum atomic E-state index is 12.7. The molecular formula is C20H23N5O2S. The number of hydrogen-bond donors (Lipinski definition) is 1. The molecule has 0 spiro atoms. The summed E-state index contributed by atoms with van der Waals surface area (Å²) in [5, 5.41) is 4.87. The Bertz CT molecular complexity index is 1070. The first-order valence-corrected chi connectivity index (χ1v) is 10.3. The number of aromatic nitrogens is 3. The van der Waals surface area contributed by atoms with E-state index in [2.05, 4.69) is 20.2 Å². The number of thiazole rings is 1. The molecule has 1 N–H and O–H groups in total. The largest absolute Gasteiger partial charge is 0.310 e. The molecule has 3 aromatic heterocycles. The fourth-order valence-corrected chi connectivity index (χ4v) is 4.56. The monoisotopic (exact) mass is 397 g/mol. The van der Waals surface area contributed by atoms with Crippen molar-refractivity contribution in [3.63, 3.8) is 0 Å². The Morgan fingerprint density at radius 1 is 1.32 bits per heavy atom. The van der Waals surface area contributed by atoms with E-state index < -0.39 is 0 Å². The topological polar surface area (TPSA) is 79.6 Å². The van der Waals surface area contributed by atoms with Gasteiger partial charge in [-0.15, -0.1) is 11.3 Å². The molecule has 0 radical (unpaired) electrons. The SMILES string of the molecule is Cc1cccc(NC(=O)[C@H]2CCCN(Cc3cc(=O)n4c(C)csc4n3)C2)n1. The minimum absolute atomic E-state index is 0.000150. The van der Waals surface area contributed by atoms with E-state index in [1.165, 1.54) is 11.3 Å². The van der Waals surface area contributed by atoms with Gasteiger partial charge in [-0.2, -0.15) is 0 Å². The van der Waals surface area contributed by atoms with Crippen LogP contribution in [0, 0.1) is 19.8 Å². The lowest BCUT2D eigenvalue weighted by Crippen LogP contribution is -2.40. The standard InChI is InChI=1S/C20H23N5O2S/c1-13-5-3-7-17(21-13)23-19(27)15-6-4-8-24(10-15)11-16-9-18(26)25-14(2)12-28-20(25)22-16/h3,5,7,9,12,15H,4,6,8,10-11H2,1-2H3,(H,21,23,27)/t15-/m0/s1. The van der Waals surface area contributed by atoms with E-state index in [0.29, 0.717) is 18.9 Å². The van der Waals surface area contributed by atoms with Crippen LogP contribution in [0.25, 0.3) is 4.96 Å². The van der Waals surface area contributed by atoms with Gasteiger partial charge in [0, 0.05) is 35.9 Å². The molecule has 146 valence electrons. The van der Waals surface area contributed by atoms with Gasteiger partial charge >= 0.3 is 0 Å². The van der Waals surface area contributed by atoms with Crippen LogP contribution in [-0.4, -0.2) is 38.3 Å². The van der Waals surface area contributed by atoms with Crippen LogP contribution in [0.3, 0.4) is 0 Å². The molecule has 1 aliphatic rings. The zero-order valence-electron chi connectivity index (χ0n) is 16.0. The van der Waals surface area contributed by atoms with E-state index in [1.54, 1.807) is 16.5 Å². The van der Waals surface area contributed by atoms with Crippen LogP contribution in [0.4, 0.5) is 5.82 Å². The lowest BCUT2D eigenvalue weighted by Gasteiger charge is -2.31. The zero-order valence-corrected chi connectivity index (χ0v) is 16.8. The van der Waals surface area contributed by atoms with Gasteiger partial charge in [0.05, 0.1) is 11.6 Å². The van der Waals surface area contributed by atoms with Crippen molar-refractivity contribution in [2.24, 2.45) is 5.92 Å². The molecule has 1 amide bonds. The normalized spacial score (nSPS) is 17.7. The van der Waals surface area contributed by atoms with Crippen molar-refractivity contribution in [2.45, 2.75) is 33.2 Å². The number of fused-ring (bicyclic) bond motifs is 1. The summed E-state index contributed by atoms with van der Waals surface area (Å²) in [7, 11) is 0. The number of likely N-dealkylation sites (tertiary alicyclic amines) is 1. The lowest BCUT2D eigenvalue weighted by atomic mass is 9.97. The summed E-state index contributed by atoms with van der Waals surface area (Å²) in [6.45, 7) is 5.94. The average molecular weight is 398 g/mol. The third kappa shape index (κ3) is 3.98. The highest BCUT2D eigenvalue weighted by atomic mass is 32.1. The number of rotatable bonds is 4. The molecular weight excluding hydrogens is 374 g/mol. The molecule has 0 unspecified atom stereocenters. The van der Waals surface area contributed by atoms with Gasteiger partial charge in [-0.3, -0.25) is 18.9 Å². The summed E-state index contributed by atoms with van der Waals surface area (Å²) in [4.78, 5) is 36.9. The van der Waals surface area contributed by atoms with Crippen molar-refractivity contribution in [3.05, 3.63) is 57.1 Å². The smallest absolute Gasteiger partial charge is 0.259 e. The van der Waals surface area contributed by atoms with Crippen LogP contribution >= 0.6 is 11.3 Å². The van der Waals surface area contributed by atoms with Gasteiger partial charge in [-0.05, 0) is 45.4 Å². The van der Waals surface area contributed by atoms with Crippen molar-refractivity contribution in [2.75, 3.05) is 18.4 Å². The number of piperidine rings is 1. The first-order valence-electron chi connectivity index (χ1n) is 9.43. The Labute approximate surface area is 167 Å². The molecule has 0 saturated carbocycles. The number of amides is 1. The molecule has 0 bridgehead atoms. The number of carbonyl (C=O) groups excluding carboxylic acids is 1. The lowest BCUT2D eigenvalue weighted by molar-refractivity contribution is -0.121. The van der Waals surface area contributed by atoms with Gasteiger partial charge in [0.2, 0.25) is 5.91 Å². The van der Waals surface area contributed by atoms with E-state index in [4.69, 9.17) is 0 Å². The second kappa shape index (κ2) is 7.81. The minimum atomic E-state index is -0.0927. The maximum absolute atomic E-state index is 12.7. The van der Waals surface area contributed by atoms with Crippen molar-refractivity contribution >= 4 is 28.0 Å². The van der Waals surface area contributed by atoms with Crippen molar-refractivity contribution < 1.29 is 4.79 Å². The fourth-order valence-electron chi connectivity index (χ4n) is 3.67. The molecule has 4 rings (SSSR count). The molecule has 1 fully saturated rings. The first kappa shape index (κ1) is 18.8. The number of carbonyl (C=O) groups is 1. The second-order valence-electron chi connectivity index (χ2n) is 7.31. The van der Waals surface area contributed by atoms with Crippen LogP contribution < -0.4 is 10.9 Å². The summed E-state index contributed by atoms with van der Waals surface area (Å²) < 4.78 is 1.63. The molecule has 1 saturated heterocycles. The third-order valence-electron chi connectivity index (χ3n) is 5.03. The molecule has 0 aromatic carbocycles. The van der Waals surface area contributed by atoms with Crippen LogP contribution in [0.5, 0.6) is 0 Å². The number of anilines is 1. The summed E-state index contributed by atoms with van der Waals surface area (Å²) in [5.74, 6) is 0.500. The van der Waals surface area contributed by atoms with Crippen molar-refractivity contribution in [3.8, 4) is 0 Å². The fraction of sp³-hybridized carbons (Fsp3) is 0.400. The molecule has 7 nitrogen and oxygen atoms in total. The highest BCUT2D eigenvalue weighted by molar-refractivity contribution is 7.15. The molecule has 0 aliphatic carbocycles. The maximum Gasteiger partial charge on any atom is 0.259 e. The first-order chi connectivity index (χ1) is 13.5. The average Bonchev–Trinajstić information content (AvgIpc) is 3.03. The summed E-state index contributed by atoms with van der Waals surface area (Å²) in [6.07, 6.45) is 1.80. The van der Waals surface area contributed by atoms with E-state index in [9.17, 15) is 9.59 Å². The third-order valence-corrected chi connectivity index (χ3v) is 5.97. The Hall–Kier alpha value is -2.58. The minimum Gasteiger partial charge on any atom is -0.310 e. The van der Waals surface area contributed by atoms with Crippen LogP contribution in [0.15, 0.2) is 34.4 Å². The summed E-state index contributed by atoms with van der Waals surface area (Å²) in [5.41, 5.74) is 2.49. The highest BCUT2D eigenvalue weighted by Gasteiger charge is 2.26. The Morgan fingerprint density at radius 3 is 3.00 bits per heavy atom. The quantitative estimate of drug-likeness (QED) is 0.732. The predicted molar refractivity (Wildman–Crippen MR) is 110 cm³/mol. The predicted octanol–water partition coefficient (Wildman–Crippen LogP) is 2.62. The Morgan fingerprint density at radius 2 is 2.18 bits per heavy atom. The molecule has 8 heteroatoms. The zero-order chi connectivity index (χ0) is 19.7. The van der Waals surface area contributed by atoms with Gasteiger partial charge in [0.25, 0.3) is 5.56 Å². The summed E-state index contributed by atoms with van der Waals surface area (Å²) >= 11 is 1.47. The van der Waals surface area contributed by atoms with Gasteiger partial charge in [0.15, 0.2) is 4.96 Å². The van der Waals surface area contributed by atoms with Gasteiger partial charge in [-0.25, -0.2) is 9.97 Å². The van der Waals surface area contributed by atoms with Gasteiger partial charge in [-0.1, -0.05) is 6.07 Å². The van der Waals surface area contributed by atoms with E-state index in [-0.39, 0.29) is 17.4 Å². The van der Waals surface area contributed by atoms with E-state index in [1.807, 2.05) is 31.4 Å². The Kier molecular flexibility index (Phi) is 5.23. The molecule has 1 atom stereocenters. The molecule has 4 heterocycles. The number of hydrogen-bond acceptors (Lipinski definition) is 6. The summed E-state index contributed by atoms with van der Waals surface area (Å²) in [6, 6.07) is 7.20. The van der Waals surface area contributed by atoms with Crippen LogP contribution in [-0.2, 0) is 11.3 Å². The van der Waals surface area contributed by atoms with Crippen molar-refractivity contribution in [1.29, 1.82) is 0 Å². The van der Waals surface area contributed by atoms with Crippen molar-refractivity contribution in [1.82, 2.24) is 19.3 Å². The highest BCUT2D eigenvalue weighted by Crippen LogP contribution is 2.20.